The van der Waals surface area contributed by atoms with Crippen LogP contribution < -0.4 is 0 Å². The molecule has 3 radical (unpaired) electrons. The van der Waals surface area contributed by atoms with Crippen molar-refractivity contribution in [1.29, 1.82) is 0 Å². The third-order valence-corrected chi connectivity index (χ3v) is 0. The summed E-state index contributed by atoms with van der Waals surface area (Å²) >= 11 is 0. The molecular weight excluding hydrogens is 398 g/mol. The molecule has 0 fully saturated rings. The van der Waals surface area contributed by atoms with Crippen LogP contribution in [0.5, 0.6) is 0 Å². The van der Waals surface area contributed by atoms with Crippen molar-refractivity contribution >= 4 is 10.4 Å². The first-order chi connectivity index (χ1) is 2.00. The maximum Gasteiger partial charge on any atom is 0.394 e. The van der Waals surface area contributed by atoms with E-state index >= 15 is 0 Å². The Morgan fingerprint density at radius 1 is 1.10 bits per heavy atom. The van der Waals surface area contributed by atoms with Crippen molar-refractivity contribution in [3.05, 3.63) is 0 Å². The van der Waals surface area contributed by atoms with Gasteiger partial charge in [0.15, 0.2) is 0 Å². The summed E-state index contributed by atoms with van der Waals surface area (Å²) < 4.78 is 31.6. The fraction of sp³-hybridized carbons (Fsp3) is 0. The van der Waals surface area contributed by atoms with Gasteiger partial charge >= 0.3 is 10.4 Å². The molecule has 0 rings (SSSR count). The van der Waals surface area contributed by atoms with Gasteiger partial charge < -0.3 is 0 Å². The Labute approximate surface area is 113 Å². The van der Waals surface area contributed by atoms with Gasteiger partial charge in [0.2, 0.25) is 0 Å². The van der Waals surface area contributed by atoms with Crippen LogP contribution >= 0.6 is 0 Å². The second-order valence-corrected chi connectivity index (χ2v) is 1.34. The molecule has 0 amide bonds. The van der Waals surface area contributed by atoms with Crippen molar-refractivity contribution in [2.75, 3.05) is 0 Å². The molecule has 0 aromatic heterocycles. The topological polar surface area (TPSA) is 74.6 Å². The third kappa shape index (κ3) is 149. The van der Waals surface area contributed by atoms with E-state index in [2.05, 4.69) is 0 Å². The van der Waals surface area contributed by atoms with Crippen LogP contribution in [0.25, 0.3) is 0 Å². The third-order valence-electron chi connectivity index (χ3n) is 0. The molecule has 0 aliphatic rings. The SMILES string of the molecule is O=S(=O)(O)O.[Co].[Cu].[Mn].[Ni].[Zn]. The summed E-state index contributed by atoms with van der Waals surface area (Å²) in [6, 6.07) is 0. The molecular formula is H2CoCuMnNiO4SZn. The van der Waals surface area contributed by atoms with Gasteiger partial charge in [-0.15, -0.1) is 0 Å². The van der Waals surface area contributed by atoms with Crippen LogP contribution in [-0.4, -0.2) is 17.5 Å². The molecule has 0 aliphatic carbocycles. The van der Waals surface area contributed by atoms with E-state index in [1.165, 1.54) is 0 Å². The van der Waals surface area contributed by atoms with Gasteiger partial charge in [-0.25, -0.2) is 0 Å². The summed E-state index contributed by atoms with van der Waals surface area (Å²) in [5.41, 5.74) is 0. The first-order valence-electron chi connectivity index (χ1n) is 0.698. The van der Waals surface area contributed by atoms with E-state index in [-0.39, 0.29) is 86.9 Å². The molecule has 0 heterocycles. The molecule has 0 saturated heterocycles. The summed E-state index contributed by atoms with van der Waals surface area (Å²) in [4.78, 5) is 0. The fourth-order valence-electron chi connectivity index (χ4n) is 0. The second kappa shape index (κ2) is 17.6. The van der Waals surface area contributed by atoms with Crippen molar-refractivity contribution in [1.82, 2.24) is 0 Å². The van der Waals surface area contributed by atoms with Gasteiger partial charge in [0.1, 0.15) is 0 Å². The van der Waals surface area contributed by atoms with Crippen molar-refractivity contribution in [2.45, 2.75) is 0 Å². The van der Waals surface area contributed by atoms with Gasteiger partial charge in [-0.3, -0.25) is 9.11 Å². The zero-order chi connectivity index (χ0) is 4.50. The Morgan fingerprint density at radius 3 is 1.10 bits per heavy atom. The molecule has 0 aromatic carbocycles. The van der Waals surface area contributed by atoms with Gasteiger partial charge in [0.05, 0.1) is 0 Å². The molecule has 0 spiro atoms. The van der Waals surface area contributed by atoms with E-state index in [0.29, 0.717) is 0 Å². The summed E-state index contributed by atoms with van der Waals surface area (Å²) in [7, 11) is -4.67. The van der Waals surface area contributed by atoms with Gasteiger partial charge in [-0.2, -0.15) is 8.42 Å². The first kappa shape index (κ1) is 39.1. The van der Waals surface area contributed by atoms with E-state index in [1.807, 2.05) is 0 Å². The molecule has 0 aromatic rings. The number of hydrogen-bond acceptors (Lipinski definition) is 2. The minimum absolute atomic E-state index is 0. The maximum atomic E-state index is 8.74. The van der Waals surface area contributed by atoms with Gasteiger partial charge in [0, 0.05) is 86.9 Å². The molecule has 0 bridgehead atoms. The summed E-state index contributed by atoms with van der Waals surface area (Å²) in [6.07, 6.45) is 0. The zero-order valence-electron chi connectivity index (χ0n) is 4.16. The van der Waals surface area contributed by atoms with Crippen molar-refractivity contribution in [3.63, 3.8) is 0 Å². The van der Waals surface area contributed by atoms with E-state index in [4.69, 9.17) is 17.5 Å². The van der Waals surface area contributed by atoms with Crippen molar-refractivity contribution < 1.29 is 104 Å². The van der Waals surface area contributed by atoms with Crippen molar-refractivity contribution in [3.8, 4) is 0 Å². The van der Waals surface area contributed by atoms with E-state index in [9.17, 15) is 0 Å². The molecule has 2 N–H and O–H groups in total. The van der Waals surface area contributed by atoms with Crippen LogP contribution in [0.4, 0.5) is 0 Å². The second-order valence-electron chi connectivity index (χ2n) is 0.448. The molecule has 0 aliphatic heterocycles. The minimum atomic E-state index is -4.67. The molecule has 71 valence electrons. The van der Waals surface area contributed by atoms with Crippen molar-refractivity contribution in [2.24, 2.45) is 0 Å². The van der Waals surface area contributed by atoms with Gasteiger partial charge in [-0.05, 0) is 0 Å². The quantitative estimate of drug-likeness (QED) is 0.419. The number of hydrogen-bond donors (Lipinski definition) is 2. The van der Waals surface area contributed by atoms with Crippen LogP contribution in [0.15, 0.2) is 0 Å². The smallest absolute Gasteiger partial charge is 0.264 e. The standard InChI is InChI=1S/Co.Cu.Mn.Ni.H2O4S.Zn/c;;;;1-5(2,3)4;/h;;;;(H2,1,2,3,4);. The Bertz CT molecular complexity index is 108. The first-order valence-corrected chi connectivity index (χ1v) is 2.10. The summed E-state index contributed by atoms with van der Waals surface area (Å²) in [5, 5.41) is 0. The molecule has 4 nitrogen and oxygen atoms in total. The Morgan fingerprint density at radius 2 is 1.10 bits per heavy atom. The van der Waals surface area contributed by atoms with E-state index < -0.39 is 10.4 Å². The molecule has 0 unspecified atom stereocenters. The largest absolute Gasteiger partial charge is 0.394 e. The van der Waals surface area contributed by atoms with Crippen LogP contribution in [0, 0.1) is 0 Å². The van der Waals surface area contributed by atoms with Gasteiger partial charge in [0.25, 0.3) is 0 Å². The average molecular weight is 400 g/mol. The van der Waals surface area contributed by atoms with Crippen LogP contribution in [-0.2, 0) is 97.3 Å². The Hall–Kier alpha value is 2.53. The van der Waals surface area contributed by atoms with Crippen LogP contribution in [0.1, 0.15) is 0 Å². The maximum absolute atomic E-state index is 8.74. The predicted octanol–water partition coefficient (Wildman–Crippen LogP) is -0.665. The van der Waals surface area contributed by atoms with Crippen LogP contribution in [0.3, 0.4) is 0 Å². The fourth-order valence-corrected chi connectivity index (χ4v) is 0. The molecule has 10 heavy (non-hydrogen) atoms. The van der Waals surface area contributed by atoms with Gasteiger partial charge in [-0.1, -0.05) is 0 Å². The van der Waals surface area contributed by atoms with Crippen LogP contribution in [0.2, 0.25) is 0 Å². The minimum Gasteiger partial charge on any atom is -0.264 e. The summed E-state index contributed by atoms with van der Waals surface area (Å²) in [5.74, 6) is 0. The zero-order valence-corrected chi connectivity index (χ0v) is 12.1. The predicted molar refractivity (Wildman–Crippen MR) is 14.2 cm³/mol. The Kier molecular flexibility index (Phi) is 68.6. The average Bonchev–Trinajstić information content (AvgIpc) is 0.722. The molecule has 10 heteroatoms. The number of rotatable bonds is 0. The normalized spacial score (nSPS) is 5.80. The molecule has 0 saturated carbocycles. The van der Waals surface area contributed by atoms with E-state index in [1.54, 1.807) is 0 Å². The monoisotopic (exact) mass is 397 g/mol. The molecule has 0 atom stereocenters. The Balaban J connectivity index is -0.00000000800. The van der Waals surface area contributed by atoms with E-state index in [0.717, 1.165) is 0 Å². The summed E-state index contributed by atoms with van der Waals surface area (Å²) in [6.45, 7) is 0.